The van der Waals surface area contributed by atoms with Crippen LogP contribution < -0.4 is 10.2 Å². The lowest BCUT2D eigenvalue weighted by molar-refractivity contribution is 0.0946. The SMILES string of the molecule is O=C(NCC1CC=CCC1)c1cc(S(=O)(=O)N2CCCCC2)ccc1N1CCCCC1. The van der Waals surface area contributed by atoms with Gasteiger partial charge in [-0.05, 0) is 75.5 Å². The fourth-order valence-corrected chi connectivity index (χ4v) is 6.44. The lowest BCUT2D eigenvalue weighted by Crippen LogP contribution is -2.37. The van der Waals surface area contributed by atoms with E-state index in [0.717, 1.165) is 70.1 Å². The van der Waals surface area contributed by atoms with Gasteiger partial charge in [0.2, 0.25) is 10.0 Å². The Hall–Kier alpha value is -1.86. The molecule has 0 aromatic heterocycles. The normalized spacial score (nSPS) is 23.0. The molecule has 1 N–H and O–H groups in total. The Balaban J connectivity index is 1.59. The number of carbonyl (C=O) groups is 1. The molecule has 0 spiro atoms. The molecule has 1 amide bonds. The van der Waals surface area contributed by atoms with E-state index in [1.54, 1.807) is 16.4 Å². The van der Waals surface area contributed by atoms with Crippen molar-refractivity contribution in [3.63, 3.8) is 0 Å². The van der Waals surface area contributed by atoms with Crippen LogP contribution in [0, 0.1) is 5.92 Å². The van der Waals surface area contributed by atoms with Gasteiger partial charge in [-0.25, -0.2) is 8.42 Å². The van der Waals surface area contributed by atoms with Crippen molar-refractivity contribution in [2.75, 3.05) is 37.6 Å². The number of hydrogen-bond donors (Lipinski definition) is 1. The number of piperidine rings is 2. The number of amides is 1. The van der Waals surface area contributed by atoms with Crippen LogP contribution in [0.5, 0.6) is 0 Å². The van der Waals surface area contributed by atoms with Gasteiger partial charge in [0.05, 0.1) is 10.5 Å². The molecule has 170 valence electrons. The molecule has 2 saturated heterocycles. The predicted molar refractivity (Wildman–Crippen MR) is 124 cm³/mol. The number of hydrogen-bond acceptors (Lipinski definition) is 4. The fourth-order valence-electron chi connectivity index (χ4n) is 4.90. The monoisotopic (exact) mass is 445 g/mol. The average Bonchev–Trinajstić information content (AvgIpc) is 2.84. The zero-order valence-corrected chi connectivity index (χ0v) is 19.2. The number of anilines is 1. The summed E-state index contributed by atoms with van der Waals surface area (Å²) < 4.78 is 28.0. The molecule has 0 radical (unpaired) electrons. The number of nitrogens with one attached hydrogen (secondary N) is 1. The first-order chi connectivity index (χ1) is 15.1. The first kappa shape index (κ1) is 22.3. The lowest BCUT2D eigenvalue weighted by atomic mass is 9.94. The highest BCUT2D eigenvalue weighted by molar-refractivity contribution is 7.89. The van der Waals surface area contributed by atoms with E-state index in [4.69, 9.17) is 0 Å². The van der Waals surface area contributed by atoms with Crippen molar-refractivity contribution < 1.29 is 13.2 Å². The second-order valence-electron chi connectivity index (χ2n) is 9.05. The average molecular weight is 446 g/mol. The zero-order valence-electron chi connectivity index (χ0n) is 18.4. The van der Waals surface area contributed by atoms with Gasteiger partial charge in [-0.2, -0.15) is 4.31 Å². The third-order valence-corrected chi connectivity index (χ3v) is 8.69. The minimum atomic E-state index is -3.58. The topological polar surface area (TPSA) is 69.7 Å². The number of rotatable bonds is 6. The van der Waals surface area contributed by atoms with Crippen LogP contribution in [0.15, 0.2) is 35.2 Å². The summed E-state index contributed by atoms with van der Waals surface area (Å²) in [5.41, 5.74) is 1.35. The highest BCUT2D eigenvalue weighted by Crippen LogP contribution is 2.29. The van der Waals surface area contributed by atoms with Crippen LogP contribution in [-0.4, -0.2) is 51.4 Å². The molecular weight excluding hydrogens is 410 g/mol. The summed E-state index contributed by atoms with van der Waals surface area (Å²) >= 11 is 0. The molecule has 7 heteroatoms. The highest BCUT2D eigenvalue weighted by Gasteiger charge is 2.28. The molecule has 4 rings (SSSR count). The molecular formula is C24H35N3O3S. The molecule has 2 fully saturated rings. The van der Waals surface area contributed by atoms with Gasteiger partial charge in [0.15, 0.2) is 0 Å². The Morgan fingerprint density at radius 2 is 1.68 bits per heavy atom. The summed E-state index contributed by atoms with van der Waals surface area (Å²) in [5.74, 6) is 0.290. The van der Waals surface area contributed by atoms with Gasteiger partial charge in [-0.1, -0.05) is 18.6 Å². The Kier molecular flexibility index (Phi) is 7.33. The number of allylic oxidation sites excluding steroid dienone is 2. The van der Waals surface area contributed by atoms with Crippen molar-refractivity contribution in [3.05, 3.63) is 35.9 Å². The third-order valence-electron chi connectivity index (χ3n) is 6.79. The first-order valence-electron chi connectivity index (χ1n) is 11.9. The summed E-state index contributed by atoms with van der Waals surface area (Å²) in [6.07, 6.45) is 13.8. The maximum Gasteiger partial charge on any atom is 0.253 e. The second-order valence-corrected chi connectivity index (χ2v) is 11.0. The molecule has 1 unspecified atom stereocenters. The number of benzene rings is 1. The Morgan fingerprint density at radius 3 is 2.35 bits per heavy atom. The summed E-state index contributed by atoms with van der Waals surface area (Å²) in [4.78, 5) is 15.7. The molecule has 1 aromatic carbocycles. The zero-order chi connectivity index (χ0) is 21.7. The largest absolute Gasteiger partial charge is 0.371 e. The minimum Gasteiger partial charge on any atom is -0.371 e. The van der Waals surface area contributed by atoms with E-state index in [2.05, 4.69) is 22.4 Å². The number of sulfonamides is 1. The standard InChI is InChI=1S/C24H35N3O3S/c28-24(25-19-20-10-4-1-5-11-20)22-18-21(31(29,30)27-16-8-3-9-17-27)12-13-23(22)26-14-6-2-7-15-26/h1,4,12-13,18,20H,2-3,5-11,14-17,19H2,(H,25,28). The van der Waals surface area contributed by atoms with Gasteiger partial charge in [0.25, 0.3) is 5.91 Å². The van der Waals surface area contributed by atoms with Crippen molar-refractivity contribution in [3.8, 4) is 0 Å². The van der Waals surface area contributed by atoms with Gasteiger partial charge in [0.1, 0.15) is 0 Å². The molecule has 6 nitrogen and oxygen atoms in total. The first-order valence-corrected chi connectivity index (χ1v) is 13.3. The third kappa shape index (κ3) is 5.32. The van der Waals surface area contributed by atoms with Crippen molar-refractivity contribution >= 4 is 21.6 Å². The maximum absolute atomic E-state index is 13.2. The summed E-state index contributed by atoms with van der Waals surface area (Å²) in [6.45, 7) is 3.57. The van der Waals surface area contributed by atoms with Crippen molar-refractivity contribution in [2.45, 2.75) is 62.7 Å². The van der Waals surface area contributed by atoms with Crippen LogP contribution in [0.4, 0.5) is 5.69 Å². The van der Waals surface area contributed by atoms with E-state index >= 15 is 0 Å². The van der Waals surface area contributed by atoms with Crippen molar-refractivity contribution in [2.24, 2.45) is 5.92 Å². The summed E-state index contributed by atoms with van der Waals surface area (Å²) in [7, 11) is -3.58. The molecule has 2 aliphatic heterocycles. The van der Waals surface area contributed by atoms with Gasteiger partial charge in [-0.3, -0.25) is 4.79 Å². The molecule has 2 heterocycles. The number of carbonyl (C=O) groups excluding carboxylic acids is 1. The predicted octanol–water partition coefficient (Wildman–Crippen LogP) is 3.94. The van der Waals surface area contributed by atoms with Gasteiger partial charge in [-0.15, -0.1) is 0 Å². The van der Waals surface area contributed by atoms with Crippen LogP contribution in [0.2, 0.25) is 0 Å². The summed E-state index contributed by atoms with van der Waals surface area (Å²) in [6, 6.07) is 5.15. The molecule has 31 heavy (non-hydrogen) atoms. The van der Waals surface area contributed by atoms with E-state index < -0.39 is 10.0 Å². The van der Waals surface area contributed by atoms with Gasteiger partial charge in [0, 0.05) is 38.4 Å². The van der Waals surface area contributed by atoms with Gasteiger partial charge < -0.3 is 10.2 Å². The molecule has 0 saturated carbocycles. The van der Waals surface area contributed by atoms with Crippen LogP contribution in [-0.2, 0) is 10.0 Å². The number of nitrogens with zero attached hydrogens (tertiary/aromatic N) is 2. The quantitative estimate of drug-likeness (QED) is 0.674. The van der Waals surface area contributed by atoms with E-state index in [-0.39, 0.29) is 10.8 Å². The van der Waals surface area contributed by atoms with E-state index in [1.165, 1.54) is 6.42 Å². The van der Waals surface area contributed by atoms with E-state index in [1.807, 2.05) is 6.07 Å². The molecule has 3 aliphatic rings. The molecule has 0 bridgehead atoms. The van der Waals surface area contributed by atoms with Crippen molar-refractivity contribution in [1.29, 1.82) is 0 Å². The molecule has 1 atom stereocenters. The molecule has 1 aromatic rings. The van der Waals surface area contributed by atoms with Crippen LogP contribution in [0.3, 0.4) is 0 Å². The molecule has 1 aliphatic carbocycles. The van der Waals surface area contributed by atoms with E-state index in [9.17, 15) is 13.2 Å². The lowest BCUT2D eigenvalue weighted by Gasteiger charge is -2.31. The second kappa shape index (κ2) is 10.2. The smallest absolute Gasteiger partial charge is 0.253 e. The highest BCUT2D eigenvalue weighted by atomic mass is 32.2. The Bertz CT molecular complexity index is 901. The fraction of sp³-hybridized carbons (Fsp3) is 0.625. The maximum atomic E-state index is 13.2. The minimum absolute atomic E-state index is 0.161. The van der Waals surface area contributed by atoms with Crippen molar-refractivity contribution in [1.82, 2.24) is 9.62 Å². The van der Waals surface area contributed by atoms with Crippen LogP contribution in [0.25, 0.3) is 0 Å². The Labute approximate surface area is 186 Å². The Morgan fingerprint density at radius 1 is 0.968 bits per heavy atom. The van der Waals surface area contributed by atoms with Gasteiger partial charge >= 0.3 is 0 Å². The van der Waals surface area contributed by atoms with Crippen LogP contribution in [0.1, 0.15) is 68.1 Å². The summed E-state index contributed by atoms with van der Waals surface area (Å²) in [5, 5.41) is 3.10. The van der Waals surface area contributed by atoms with E-state index in [0.29, 0.717) is 31.1 Å². The van der Waals surface area contributed by atoms with Crippen LogP contribution >= 0.6 is 0 Å².